The van der Waals surface area contributed by atoms with Crippen molar-refractivity contribution in [3.63, 3.8) is 0 Å². The van der Waals surface area contributed by atoms with E-state index in [4.69, 9.17) is 0 Å². The maximum Gasteiger partial charge on any atom is 0.175 e. The topological polar surface area (TPSA) is 49.4 Å². The Morgan fingerprint density at radius 3 is 2.30 bits per heavy atom. The molecule has 1 N–H and O–H groups in total. The Labute approximate surface area is 122 Å². The first-order valence-electron chi connectivity index (χ1n) is 7.15. The van der Waals surface area contributed by atoms with Crippen LogP contribution in [0.5, 0.6) is 0 Å². The minimum absolute atomic E-state index is 0.397. The molecule has 1 fully saturated rings. The number of nitrogens with one attached hydrogen (secondary N) is 1. The molecule has 0 saturated carbocycles. The number of piperidine rings is 1. The SMILES string of the molecule is CNCC1CCN(Cc2ccc(S(C)(=O)=O)cc2)CC1. The molecule has 0 amide bonds. The van der Waals surface area contributed by atoms with E-state index < -0.39 is 9.84 Å². The van der Waals surface area contributed by atoms with E-state index in [2.05, 4.69) is 10.2 Å². The largest absolute Gasteiger partial charge is 0.319 e. The second-order valence-corrected chi connectivity index (χ2v) is 7.71. The Bertz CT molecular complexity index is 517. The molecular formula is C15H24N2O2S. The minimum Gasteiger partial charge on any atom is -0.319 e. The zero-order valence-electron chi connectivity index (χ0n) is 12.3. The number of nitrogens with zero attached hydrogens (tertiary/aromatic N) is 1. The molecule has 1 aromatic carbocycles. The van der Waals surface area contributed by atoms with E-state index in [1.54, 1.807) is 12.1 Å². The van der Waals surface area contributed by atoms with Gasteiger partial charge in [-0.25, -0.2) is 8.42 Å². The quantitative estimate of drug-likeness (QED) is 0.895. The van der Waals surface area contributed by atoms with E-state index in [1.807, 2.05) is 19.2 Å². The highest BCUT2D eigenvalue weighted by Gasteiger charge is 2.18. The van der Waals surface area contributed by atoms with Gasteiger partial charge in [-0.05, 0) is 63.1 Å². The fraction of sp³-hybridized carbons (Fsp3) is 0.600. The molecule has 0 aromatic heterocycles. The zero-order valence-corrected chi connectivity index (χ0v) is 13.1. The first-order valence-corrected chi connectivity index (χ1v) is 9.04. The van der Waals surface area contributed by atoms with Crippen molar-refractivity contribution in [3.05, 3.63) is 29.8 Å². The van der Waals surface area contributed by atoms with Crippen molar-refractivity contribution in [1.82, 2.24) is 10.2 Å². The van der Waals surface area contributed by atoms with Crippen molar-refractivity contribution in [2.24, 2.45) is 5.92 Å². The molecule has 4 nitrogen and oxygen atoms in total. The molecule has 112 valence electrons. The van der Waals surface area contributed by atoms with Crippen LogP contribution in [0, 0.1) is 5.92 Å². The zero-order chi connectivity index (χ0) is 14.6. The van der Waals surface area contributed by atoms with E-state index in [0.29, 0.717) is 4.90 Å². The van der Waals surface area contributed by atoms with Gasteiger partial charge in [0, 0.05) is 12.8 Å². The van der Waals surface area contributed by atoms with E-state index >= 15 is 0 Å². The van der Waals surface area contributed by atoms with Gasteiger partial charge in [-0.15, -0.1) is 0 Å². The average molecular weight is 296 g/mol. The van der Waals surface area contributed by atoms with Crippen LogP contribution < -0.4 is 5.32 Å². The predicted octanol–water partition coefficient (Wildman–Crippen LogP) is 1.52. The number of likely N-dealkylation sites (tertiary alicyclic amines) is 1. The molecule has 2 rings (SSSR count). The third kappa shape index (κ3) is 4.30. The molecule has 1 saturated heterocycles. The van der Waals surface area contributed by atoms with Crippen molar-refractivity contribution < 1.29 is 8.42 Å². The summed E-state index contributed by atoms with van der Waals surface area (Å²) < 4.78 is 22.8. The first-order chi connectivity index (χ1) is 9.49. The van der Waals surface area contributed by atoms with Gasteiger partial charge < -0.3 is 5.32 Å². The van der Waals surface area contributed by atoms with Crippen molar-refractivity contribution in [3.8, 4) is 0 Å². The number of hydrogen-bond acceptors (Lipinski definition) is 4. The molecule has 1 heterocycles. The van der Waals surface area contributed by atoms with Gasteiger partial charge in [-0.2, -0.15) is 0 Å². The third-order valence-corrected chi connectivity index (χ3v) is 5.09. The van der Waals surface area contributed by atoms with Gasteiger partial charge >= 0.3 is 0 Å². The van der Waals surface area contributed by atoms with Crippen LogP contribution in [0.25, 0.3) is 0 Å². The lowest BCUT2D eigenvalue weighted by atomic mass is 9.96. The van der Waals surface area contributed by atoms with Crippen LogP contribution in [0.2, 0.25) is 0 Å². The molecule has 1 aromatic rings. The Hall–Kier alpha value is -0.910. The van der Waals surface area contributed by atoms with Gasteiger partial charge in [-0.1, -0.05) is 12.1 Å². The van der Waals surface area contributed by atoms with E-state index in [1.165, 1.54) is 24.7 Å². The third-order valence-electron chi connectivity index (χ3n) is 3.96. The minimum atomic E-state index is -3.09. The summed E-state index contributed by atoms with van der Waals surface area (Å²) in [7, 11) is -1.08. The molecule has 20 heavy (non-hydrogen) atoms. The Balaban J connectivity index is 1.89. The lowest BCUT2D eigenvalue weighted by Crippen LogP contribution is -2.36. The van der Waals surface area contributed by atoms with E-state index in [0.717, 1.165) is 32.1 Å². The Morgan fingerprint density at radius 2 is 1.80 bits per heavy atom. The van der Waals surface area contributed by atoms with Gasteiger partial charge in [0.1, 0.15) is 0 Å². The van der Waals surface area contributed by atoms with Gasteiger partial charge in [0.2, 0.25) is 0 Å². The lowest BCUT2D eigenvalue weighted by molar-refractivity contribution is 0.177. The van der Waals surface area contributed by atoms with Gasteiger partial charge in [0.05, 0.1) is 4.90 Å². The lowest BCUT2D eigenvalue weighted by Gasteiger charge is -2.31. The van der Waals surface area contributed by atoms with Crippen LogP contribution in [0.15, 0.2) is 29.2 Å². The summed E-state index contributed by atoms with van der Waals surface area (Å²) in [5.41, 5.74) is 1.18. The molecule has 0 aliphatic carbocycles. The highest BCUT2D eigenvalue weighted by molar-refractivity contribution is 7.90. The highest BCUT2D eigenvalue weighted by Crippen LogP contribution is 2.19. The molecule has 1 aliphatic heterocycles. The van der Waals surface area contributed by atoms with Gasteiger partial charge in [-0.3, -0.25) is 4.90 Å². The Kier molecular flexibility index (Phi) is 5.18. The number of rotatable bonds is 5. The molecule has 5 heteroatoms. The van der Waals surface area contributed by atoms with Crippen LogP contribution in [0.4, 0.5) is 0 Å². The normalized spacial score (nSPS) is 18.3. The molecule has 0 spiro atoms. The first kappa shape index (κ1) is 15.5. The summed E-state index contributed by atoms with van der Waals surface area (Å²) in [4.78, 5) is 2.84. The number of hydrogen-bond donors (Lipinski definition) is 1. The average Bonchev–Trinajstić information content (AvgIpc) is 2.41. The summed E-state index contributed by atoms with van der Waals surface area (Å²) in [6.45, 7) is 4.27. The molecule has 1 aliphatic rings. The van der Waals surface area contributed by atoms with Crippen molar-refractivity contribution in [2.45, 2.75) is 24.3 Å². The van der Waals surface area contributed by atoms with Crippen LogP contribution >= 0.6 is 0 Å². The van der Waals surface area contributed by atoms with Gasteiger partial charge in [0.15, 0.2) is 9.84 Å². The summed E-state index contributed by atoms with van der Waals surface area (Å²) in [6, 6.07) is 7.27. The second-order valence-electron chi connectivity index (χ2n) is 5.69. The fourth-order valence-electron chi connectivity index (χ4n) is 2.74. The number of benzene rings is 1. The molecule has 0 bridgehead atoms. The summed E-state index contributed by atoms with van der Waals surface area (Å²) in [5, 5.41) is 3.25. The van der Waals surface area contributed by atoms with Crippen LogP contribution in [0.3, 0.4) is 0 Å². The number of sulfone groups is 1. The standard InChI is InChI=1S/C15H24N2O2S/c1-16-11-13-7-9-17(10-8-13)12-14-3-5-15(6-4-14)20(2,18)19/h3-6,13,16H,7-12H2,1-2H3. The summed E-state index contributed by atoms with van der Waals surface area (Å²) in [6.07, 6.45) is 3.72. The Morgan fingerprint density at radius 1 is 1.20 bits per heavy atom. The summed E-state index contributed by atoms with van der Waals surface area (Å²) >= 11 is 0. The molecule has 0 unspecified atom stereocenters. The van der Waals surface area contributed by atoms with Crippen molar-refractivity contribution in [1.29, 1.82) is 0 Å². The van der Waals surface area contributed by atoms with Crippen molar-refractivity contribution in [2.75, 3.05) is 32.9 Å². The summed E-state index contributed by atoms with van der Waals surface area (Å²) in [5.74, 6) is 0.795. The second kappa shape index (κ2) is 6.70. The molecule has 0 atom stereocenters. The highest BCUT2D eigenvalue weighted by atomic mass is 32.2. The maximum absolute atomic E-state index is 11.4. The monoisotopic (exact) mass is 296 g/mol. The smallest absolute Gasteiger partial charge is 0.175 e. The van der Waals surface area contributed by atoms with Crippen LogP contribution in [-0.2, 0) is 16.4 Å². The predicted molar refractivity (Wildman–Crippen MR) is 81.5 cm³/mol. The van der Waals surface area contributed by atoms with E-state index in [9.17, 15) is 8.42 Å². The maximum atomic E-state index is 11.4. The fourth-order valence-corrected chi connectivity index (χ4v) is 3.37. The molecular weight excluding hydrogens is 272 g/mol. The van der Waals surface area contributed by atoms with Gasteiger partial charge in [0.25, 0.3) is 0 Å². The van der Waals surface area contributed by atoms with E-state index in [-0.39, 0.29) is 0 Å². The van der Waals surface area contributed by atoms with Crippen LogP contribution in [-0.4, -0.2) is 46.3 Å². The van der Waals surface area contributed by atoms with Crippen LogP contribution in [0.1, 0.15) is 18.4 Å². The molecule has 0 radical (unpaired) electrons. The van der Waals surface area contributed by atoms with Crippen molar-refractivity contribution >= 4 is 9.84 Å².